The van der Waals surface area contributed by atoms with Crippen LogP contribution in [0.15, 0.2) is 36.7 Å². The van der Waals surface area contributed by atoms with Crippen LogP contribution in [-0.4, -0.2) is 23.1 Å². The van der Waals surface area contributed by atoms with Crippen LogP contribution in [0.4, 0.5) is 11.6 Å². The molecule has 1 atom stereocenters. The van der Waals surface area contributed by atoms with Crippen LogP contribution in [-0.2, 0) is 4.74 Å². The van der Waals surface area contributed by atoms with Crippen molar-refractivity contribution in [3.05, 3.63) is 47.2 Å². The summed E-state index contributed by atoms with van der Waals surface area (Å²) in [7, 11) is 0. The maximum atomic E-state index is 6.05. The van der Waals surface area contributed by atoms with Gasteiger partial charge in [0.15, 0.2) is 5.82 Å². The quantitative estimate of drug-likeness (QED) is 0.856. The molecule has 1 heterocycles. The molecule has 1 aromatic heterocycles. The van der Waals surface area contributed by atoms with Gasteiger partial charge in [0.1, 0.15) is 17.2 Å². The average molecular weight is 293 g/mol. The van der Waals surface area contributed by atoms with E-state index in [1.54, 1.807) is 0 Å². The monoisotopic (exact) mass is 292 g/mol. The molecule has 2 aromatic rings. The predicted octanol–water partition coefficient (Wildman–Crippen LogP) is 2.90. The third kappa shape index (κ3) is 3.59. The Morgan fingerprint density at radius 1 is 1.30 bits per heavy atom. The van der Waals surface area contributed by atoms with Gasteiger partial charge in [0.05, 0.1) is 6.10 Å². The highest BCUT2D eigenvalue weighted by atomic mass is 35.5. The van der Waals surface area contributed by atoms with E-state index >= 15 is 0 Å². The van der Waals surface area contributed by atoms with Crippen molar-refractivity contribution in [3.8, 4) is 0 Å². The highest BCUT2D eigenvalue weighted by Gasteiger charge is 2.13. The zero-order valence-electron chi connectivity index (χ0n) is 11.2. The summed E-state index contributed by atoms with van der Waals surface area (Å²) in [6.07, 6.45) is 1.30. The molecule has 0 aliphatic rings. The lowest BCUT2D eigenvalue weighted by molar-refractivity contribution is 0.0718. The Balaban J connectivity index is 2.08. The second-order valence-corrected chi connectivity index (χ2v) is 4.54. The second-order valence-electron chi connectivity index (χ2n) is 4.16. The predicted molar refractivity (Wildman–Crippen MR) is 80.8 cm³/mol. The van der Waals surface area contributed by atoms with E-state index in [0.29, 0.717) is 24.0 Å². The van der Waals surface area contributed by atoms with Crippen molar-refractivity contribution in [3.63, 3.8) is 0 Å². The minimum absolute atomic E-state index is 0.0755. The van der Waals surface area contributed by atoms with Crippen LogP contribution in [0, 0.1) is 0 Å². The van der Waals surface area contributed by atoms with Gasteiger partial charge in [-0.3, -0.25) is 0 Å². The Morgan fingerprint density at radius 3 is 2.75 bits per heavy atom. The Labute approximate surface area is 123 Å². The first-order valence-electron chi connectivity index (χ1n) is 6.38. The molecule has 0 bridgehead atoms. The molecule has 5 nitrogen and oxygen atoms in total. The van der Waals surface area contributed by atoms with Gasteiger partial charge in [-0.15, -0.1) is 0 Å². The molecule has 2 rings (SSSR count). The van der Waals surface area contributed by atoms with Crippen LogP contribution in [0.1, 0.15) is 18.6 Å². The number of anilines is 2. The zero-order valence-corrected chi connectivity index (χ0v) is 12.0. The Hall–Kier alpha value is -1.85. The van der Waals surface area contributed by atoms with Crippen LogP contribution in [0.2, 0.25) is 5.02 Å². The molecule has 0 saturated heterocycles. The van der Waals surface area contributed by atoms with E-state index in [1.165, 1.54) is 6.33 Å². The first kappa shape index (κ1) is 14.6. The number of aromatic nitrogens is 2. The van der Waals surface area contributed by atoms with Crippen LogP contribution < -0.4 is 11.1 Å². The SMILES string of the molecule is CCOC(CNc1ncnc(N)c1Cl)c1ccccc1. The summed E-state index contributed by atoms with van der Waals surface area (Å²) in [5.74, 6) is 0.775. The van der Waals surface area contributed by atoms with Gasteiger partial charge in [-0.05, 0) is 12.5 Å². The van der Waals surface area contributed by atoms with E-state index in [-0.39, 0.29) is 11.9 Å². The zero-order chi connectivity index (χ0) is 14.4. The van der Waals surface area contributed by atoms with Gasteiger partial charge in [-0.25, -0.2) is 9.97 Å². The average Bonchev–Trinajstić information content (AvgIpc) is 2.48. The van der Waals surface area contributed by atoms with E-state index in [1.807, 2.05) is 37.3 Å². The minimum Gasteiger partial charge on any atom is -0.382 e. The molecular formula is C14H17ClN4O. The number of hydrogen-bond donors (Lipinski definition) is 2. The number of nitrogens with two attached hydrogens (primary N) is 1. The van der Waals surface area contributed by atoms with Gasteiger partial charge in [-0.2, -0.15) is 0 Å². The highest BCUT2D eigenvalue weighted by Crippen LogP contribution is 2.25. The summed E-state index contributed by atoms with van der Waals surface area (Å²) >= 11 is 6.05. The third-order valence-electron chi connectivity index (χ3n) is 2.81. The van der Waals surface area contributed by atoms with Crippen molar-refractivity contribution in [2.45, 2.75) is 13.0 Å². The summed E-state index contributed by atoms with van der Waals surface area (Å²) in [5, 5.41) is 3.48. The van der Waals surface area contributed by atoms with Crippen LogP contribution in [0.5, 0.6) is 0 Å². The lowest BCUT2D eigenvalue weighted by Gasteiger charge is -2.18. The molecule has 0 aliphatic carbocycles. The van der Waals surface area contributed by atoms with Gasteiger partial charge in [0, 0.05) is 13.2 Å². The summed E-state index contributed by atoms with van der Waals surface area (Å²) in [6.45, 7) is 3.14. The first-order chi connectivity index (χ1) is 9.72. The standard InChI is InChI=1S/C14H17ClN4O/c1-2-20-11(10-6-4-3-5-7-10)8-17-14-12(15)13(16)18-9-19-14/h3-7,9,11H,2,8H2,1H3,(H3,16,17,18,19). The molecule has 0 aliphatic heterocycles. The number of nitrogens with one attached hydrogen (secondary N) is 1. The van der Waals surface area contributed by atoms with Gasteiger partial charge in [-0.1, -0.05) is 41.9 Å². The molecular weight excluding hydrogens is 276 g/mol. The second kappa shape index (κ2) is 7.07. The molecule has 0 fully saturated rings. The summed E-state index contributed by atoms with van der Waals surface area (Å²) < 4.78 is 5.74. The van der Waals surface area contributed by atoms with E-state index in [2.05, 4.69) is 15.3 Å². The Morgan fingerprint density at radius 2 is 2.05 bits per heavy atom. The van der Waals surface area contributed by atoms with Crippen molar-refractivity contribution >= 4 is 23.2 Å². The number of nitrogens with zero attached hydrogens (tertiary/aromatic N) is 2. The summed E-state index contributed by atoms with van der Waals surface area (Å²) in [4.78, 5) is 7.90. The number of benzene rings is 1. The lowest BCUT2D eigenvalue weighted by atomic mass is 10.1. The maximum absolute atomic E-state index is 6.05. The maximum Gasteiger partial charge on any atom is 0.150 e. The van der Waals surface area contributed by atoms with Gasteiger partial charge in [0.2, 0.25) is 0 Å². The van der Waals surface area contributed by atoms with Crippen LogP contribution in [0.25, 0.3) is 0 Å². The van der Waals surface area contributed by atoms with Gasteiger partial charge >= 0.3 is 0 Å². The van der Waals surface area contributed by atoms with Crippen molar-refractivity contribution in [2.75, 3.05) is 24.2 Å². The normalized spacial score (nSPS) is 12.1. The van der Waals surface area contributed by atoms with Crippen molar-refractivity contribution in [1.29, 1.82) is 0 Å². The number of rotatable bonds is 6. The number of hydrogen-bond acceptors (Lipinski definition) is 5. The molecule has 0 radical (unpaired) electrons. The van der Waals surface area contributed by atoms with Gasteiger partial charge in [0.25, 0.3) is 0 Å². The van der Waals surface area contributed by atoms with E-state index < -0.39 is 0 Å². The summed E-state index contributed by atoms with van der Waals surface area (Å²) in [5.41, 5.74) is 6.74. The van der Waals surface area contributed by atoms with Crippen LogP contribution in [0.3, 0.4) is 0 Å². The number of ether oxygens (including phenoxy) is 1. The topological polar surface area (TPSA) is 73.1 Å². The highest BCUT2D eigenvalue weighted by molar-refractivity contribution is 6.35. The van der Waals surface area contributed by atoms with E-state index in [9.17, 15) is 0 Å². The molecule has 3 N–H and O–H groups in total. The molecule has 0 amide bonds. The van der Waals surface area contributed by atoms with Crippen molar-refractivity contribution in [1.82, 2.24) is 9.97 Å². The fraction of sp³-hybridized carbons (Fsp3) is 0.286. The van der Waals surface area contributed by atoms with Crippen molar-refractivity contribution in [2.24, 2.45) is 0 Å². The molecule has 0 saturated carbocycles. The Kier molecular flexibility index (Phi) is 5.15. The molecule has 106 valence electrons. The third-order valence-corrected chi connectivity index (χ3v) is 3.18. The van der Waals surface area contributed by atoms with E-state index in [4.69, 9.17) is 22.1 Å². The minimum atomic E-state index is -0.0755. The molecule has 20 heavy (non-hydrogen) atoms. The largest absolute Gasteiger partial charge is 0.382 e. The molecule has 6 heteroatoms. The summed E-state index contributed by atoms with van der Waals surface area (Å²) in [6, 6.07) is 9.99. The van der Waals surface area contributed by atoms with Gasteiger partial charge < -0.3 is 15.8 Å². The first-order valence-corrected chi connectivity index (χ1v) is 6.76. The van der Waals surface area contributed by atoms with Crippen LogP contribution >= 0.6 is 11.6 Å². The smallest absolute Gasteiger partial charge is 0.150 e. The van der Waals surface area contributed by atoms with E-state index in [0.717, 1.165) is 5.56 Å². The number of halogens is 1. The van der Waals surface area contributed by atoms with Crippen molar-refractivity contribution < 1.29 is 4.74 Å². The number of nitrogen functional groups attached to an aromatic ring is 1. The fourth-order valence-corrected chi connectivity index (χ4v) is 2.00. The lowest BCUT2D eigenvalue weighted by Crippen LogP contribution is -2.17. The fourth-order valence-electron chi connectivity index (χ4n) is 1.84. The molecule has 1 aromatic carbocycles. The molecule has 0 spiro atoms. The molecule has 1 unspecified atom stereocenters. The Bertz CT molecular complexity index is 550.